The summed E-state index contributed by atoms with van der Waals surface area (Å²) in [5.74, 6) is 0. The van der Waals surface area contributed by atoms with E-state index in [-0.39, 0.29) is 11.7 Å². The maximum Gasteiger partial charge on any atom is 0.0977 e. The minimum absolute atomic E-state index is 0.132. The zero-order chi connectivity index (χ0) is 15.7. The molecule has 2 aliphatic heterocycles. The minimum atomic E-state index is 0.132. The van der Waals surface area contributed by atoms with E-state index in [1.165, 1.54) is 22.3 Å². The van der Waals surface area contributed by atoms with Crippen molar-refractivity contribution in [2.45, 2.75) is 84.0 Å². The van der Waals surface area contributed by atoms with Crippen LogP contribution in [0.1, 0.15) is 66.2 Å². The van der Waals surface area contributed by atoms with Crippen LogP contribution in [0, 0.1) is 0 Å². The molecular weight excluding hydrogens is 272 g/mol. The number of fused-ring (bicyclic) bond motifs is 2. The van der Waals surface area contributed by atoms with Gasteiger partial charge in [0.1, 0.15) is 0 Å². The number of epoxide rings is 1. The molecule has 22 heavy (non-hydrogen) atoms. The van der Waals surface area contributed by atoms with E-state index in [1.54, 1.807) is 0 Å². The molecule has 0 spiro atoms. The highest BCUT2D eigenvalue weighted by molar-refractivity contribution is 5.29. The fraction of sp³-hybridized carbons (Fsp3) is 0.700. The predicted octanol–water partition coefficient (Wildman–Crippen LogP) is 5.11. The normalized spacial score (nSPS) is 41.6. The van der Waals surface area contributed by atoms with E-state index in [1.807, 2.05) is 0 Å². The number of hydrogen-bond donors (Lipinski definition) is 0. The Labute approximate surface area is 135 Å². The summed E-state index contributed by atoms with van der Waals surface area (Å²) in [6.45, 7) is 9.81. The third-order valence-corrected chi connectivity index (χ3v) is 5.57. The quantitative estimate of drug-likeness (QED) is 0.458. The van der Waals surface area contributed by atoms with E-state index in [4.69, 9.17) is 9.47 Å². The van der Waals surface area contributed by atoms with Gasteiger partial charge in [0.25, 0.3) is 0 Å². The molecule has 0 radical (unpaired) electrons. The molecule has 2 heteroatoms. The van der Waals surface area contributed by atoms with Crippen molar-refractivity contribution >= 4 is 0 Å². The second-order valence-corrected chi connectivity index (χ2v) is 7.60. The molecule has 0 aromatic heterocycles. The predicted molar refractivity (Wildman–Crippen MR) is 90.9 cm³/mol. The summed E-state index contributed by atoms with van der Waals surface area (Å²) in [5.41, 5.74) is 6.03. The first-order valence-corrected chi connectivity index (χ1v) is 8.79. The third kappa shape index (κ3) is 3.55. The first-order valence-electron chi connectivity index (χ1n) is 8.79. The Kier molecular flexibility index (Phi) is 4.61. The topological polar surface area (TPSA) is 21.8 Å². The van der Waals surface area contributed by atoms with Gasteiger partial charge in [-0.05, 0) is 77.4 Å². The van der Waals surface area contributed by atoms with Crippen LogP contribution in [-0.4, -0.2) is 24.4 Å². The molecule has 3 rings (SSSR count). The molecule has 0 unspecified atom stereocenters. The van der Waals surface area contributed by atoms with Gasteiger partial charge in [-0.1, -0.05) is 23.3 Å². The number of rotatable bonds is 0. The fourth-order valence-electron chi connectivity index (χ4n) is 3.77. The molecule has 3 atom stereocenters. The fourth-order valence-corrected chi connectivity index (χ4v) is 3.77. The van der Waals surface area contributed by atoms with E-state index in [2.05, 4.69) is 39.8 Å². The smallest absolute Gasteiger partial charge is 0.0977 e. The molecular formula is C20H30O2. The summed E-state index contributed by atoms with van der Waals surface area (Å²) in [6.07, 6.45) is 12.3. The Morgan fingerprint density at radius 1 is 1.09 bits per heavy atom. The van der Waals surface area contributed by atoms with Crippen LogP contribution in [0.3, 0.4) is 0 Å². The summed E-state index contributed by atoms with van der Waals surface area (Å²) < 4.78 is 12.0. The van der Waals surface area contributed by atoms with Crippen LogP contribution in [0.15, 0.2) is 34.4 Å². The van der Waals surface area contributed by atoms with Crippen molar-refractivity contribution in [1.82, 2.24) is 0 Å². The Bertz CT molecular complexity index is 526. The van der Waals surface area contributed by atoms with Gasteiger partial charge in [-0.3, -0.25) is 0 Å². The largest absolute Gasteiger partial charge is 0.366 e. The monoisotopic (exact) mass is 302 g/mol. The molecule has 1 saturated heterocycles. The molecule has 2 nitrogen and oxygen atoms in total. The highest BCUT2D eigenvalue weighted by atomic mass is 16.6. The number of hydrogen-bond acceptors (Lipinski definition) is 2. The van der Waals surface area contributed by atoms with E-state index in [9.17, 15) is 0 Å². The SMILES string of the molecule is CC1=C2CC/C(C)=C/CC[C@@]3(C)O[C@@H]3CC/C(C)=C\[C@@H]2OC1. The summed E-state index contributed by atoms with van der Waals surface area (Å²) in [4.78, 5) is 0. The first kappa shape index (κ1) is 16.0. The molecule has 0 aromatic rings. The average molecular weight is 302 g/mol. The summed E-state index contributed by atoms with van der Waals surface area (Å²) in [5, 5.41) is 0. The van der Waals surface area contributed by atoms with Gasteiger partial charge in [0, 0.05) is 0 Å². The Morgan fingerprint density at radius 2 is 1.91 bits per heavy atom. The molecule has 0 bridgehead atoms. The van der Waals surface area contributed by atoms with E-state index in [0.29, 0.717) is 6.10 Å². The van der Waals surface area contributed by atoms with E-state index >= 15 is 0 Å². The maximum atomic E-state index is 5.99. The van der Waals surface area contributed by atoms with Gasteiger partial charge >= 0.3 is 0 Å². The zero-order valence-electron chi connectivity index (χ0n) is 14.6. The van der Waals surface area contributed by atoms with Crippen LogP contribution < -0.4 is 0 Å². The van der Waals surface area contributed by atoms with Crippen molar-refractivity contribution < 1.29 is 9.47 Å². The lowest BCUT2D eigenvalue weighted by atomic mass is 9.93. The van der Waals surface area contributed by atoms with Gasteiger partial charge in [0.2, 0.25) is 0 Å². The molecule has 1 fully saturated rings. The molecule has 1 aliphatic carbocycles. The van der Waals surface area contributed by atoms with Crippen LogP contribution in [0.2, 0.25) is 0 Å². The van der Waals surface area contributed by atoms with Crippen molar-refractivity contribution in [1.29, 1.82) is 0 Å². The third-order valence-electron chi connectivity index (χ3n) is 5.57. The van der Waals surface area contributed by atoms with Crippen molar-refractivity contribution in [2.75, 3.05) is 6.61 Å². The summed E-state index contributed by atoms with van der Waals surface area (Å²) in [7, 11) is 0. The van der Waals surface area contributed by atoms with Crippen LogP contribution in [0.4, 0.5) is 0 Å². The van der Waals surface area contributed by atoms with Crippen molar-refractivity contribution in [3.63, 3.8) is 0 Å². The highest BCUT2D eigenvalue weighted by Crippen LogP contribution is 2.43. The molecule has 2 heterocycles. The minimum Gasteiger partial charge on any atom is -0.366 e. The second kappa shape index (κ2) is 6.33. The average Bonchev–Trinajstić information content (AvgIpc) is 2.98. The standard InChI is InChI=1S/C20H30O2/c1-14-6-5-11-20(4)19(22-20)10-8-15(2)12-18-17(9-7-14)16(3)13-21-18/h6,12,18-19H,5,7-11,13H2,1-4H3/b14-6+,15-12-/t18-,19+,20+/m0/s1. The van der Waals surface area contributed by atoms with Crippen LogP contribution >= 0.6 is 0 Å². The van der Waals surface area contributed by atoms with Crippen molar-refractivity contribution in [3.8, 4) is 0 Å². The van der Waals surface area contributed by atoms with E-state index < -0.39 is 0 Å². The van der Waals surface area contributed by atoms with Crippen LogP contribution in [-0.2, 0) is 9.47 Å². The molecule has 0 amide bonds. The molecule has 3 aliphatic rings. The van der Waals surface area contributed by atoms with Gasteiger partial charge in [-0.2, -0.15) is 0 Å². The van der Waals surface area contributed by atoms with Gasteiger partial charge in [-0.25, -0.2) is 0 Å². The van der Waals surface area contributed by atoms with Crippen molar-refractivity contribution in [2.24, 2.45) is 0 Å². The van der Waals surface area contributed by atoms with Crippen LogP contribution in [0.5, 0.6) is 0 Å². The zero-order valence-corrected chi connectivity index (χ0v) is 14.6. The molecule has 0 saturated carbocycles. The maximum absolute atomic E-state index is 5.99. The first-order chi connectivity index (χ1) is 10.5. The molecule has 0 N–H and O–H groups in total. The summed E-state index contributed by atoms with van der Waals surface area (Å²) in [6, 6.07) is 0. The second-order valence-electron chi connectivity index (χ2n) is 7.60. The number of ether oxygens (including phenoxy) is 2. The van der Waals surface area contributed by atoms with E-state index in [0.717, 1.165) is 45.1 Å². The Morgan fingerprint density at radius 3 is 2.73 bits per heavy atom. The van der Waals surface area contributed by atoms with Gasteiger partial charge < -0.3 is 9.47 Å². The molecule has 0 aromatic carbocycles. The van der Waals surface area contributed by atoms with Gasteiger partial charge in [0.05, 0.1) is 24.4 Å². The van der Waals surface area contributed by atoms with Gasteiger partial charge in [-0.15, -0.1) is 0 Å². The lowest BCUT2D eigenvalue weighted by Crippen LogP contribution is -2.11. The molecule has 122 valence electrons. The highest BCUT2D eigenvalue weighted by Gasteiger charge is 2.50. The Hall–Kier alpha value is -0.860. The lowest BCUT2D eigenvalue weighted by molar-refractivity contribution is 0.150. The van der Waals surface area contributed by atoms with Crippen LogP contribution in [0.25, 0.3) is 0 Å². The van der Waals surface area contributed by atoms with Crippen molar-refractivity contribution in [3.05, 3.63) is 34.4 Å². The Balaban J connectivity index is 1.76. The lowest BCUT2D eigenvalue weighted by Gasteiger charge is -2.14. The number of allylic oxidation sites excluding steroid dienone is 3. The van der Waals surface area contributed by atoms with Gasteiger partial charge in [0.15, 0.2) is 0 Å². The summed E-state index contributed by atoms with van der Waals surface area (Å²) >= 11 is 0.